The van der Waals surface area contributed by atoms with Gasteiger partial charge in [-0.2, -0.15) is 0 Å². The summed E-state index contributed by atoms with van der Waals surface area (Å²) in [5, 5.41) is 0.283. The molecule has 1 atom stereocenters. The molecule has 0 bridgehead atoms. The van der Waals surface area contributed by atoms with Crippen LogP contribution in [0.25, 0.3) is 0 Å². The lowest BCUT2D eigenvalue weighted by atomic mass is 10.1. The summed E-state index contributed by atoms with van der Waals surface area (Å²) in [5.41, 5.74) is 0.292. The monoisotopic (exact) mass is 422 g/mol. The van der Waals surface area contributed by atoms with Crippen LogP contribution in [0.15, 0.2) is 23.2 Å². The maximum Gasteiger partial charge on any atom is 0.333 e. The number of benzene rings is 1. The minimum absolute atomic E-state index is 0.0739. The van der Waals surface area contributed by atoms with Gasteiger partial charge in [0, 0.05) is 32.7 Å². The second-order valence-electron chi connectivity index (χ2n) is 7.24. The first-order valence-electron chi connectivity index (χ1n) is 9.37. The molecule has 0 radical (unpaired) electrons. The van der Waals surface area contributed by atoms with Crippen LogP contribution in [0, 0.1) is 5.82 Å². The lowest BCUT2D eigenvalue weighted by molar-refractivity contribution is -0.552. The Hall–Kier alpha value is -2.36. The van der Waals surface area contributed by atoms with E-state index in [-0.39, 0.29) is 11.6 Å². The van der Waals surface area contributed by atoms with Crippen LogP contribution >= 0.6 is 11.6 Å². The molecule has 0 aromatic heterocycles. The van der Waals surface area contributed by atoms with Crippen molar-refractivity contribution >= 4 is 35.2 Å². The van der Waals surface area contributed by atoms with E-state index in [1.807, 2.05) is 0 Å². The molecular weight excluding hydrogens is 401 g/mol. The number of morpholine rings is 1. The molecule has 1 unspecified atom stereocenters. The molecule has 3 amide bonds. The number of ether oxygens (including phenoxy) is 1. The summed E-state index contributed by atoms with van der Waals surface area (Å²) < 4.78 is 21.6. The van der Waals surface area contributed by atoms with E-state index >= 15 is 0 Å². The largest absolute Gasteiger partial charge is 0.379 e. The molecule has 2 fully saturated rings. The number of likely N-dealkylation sites (N-methyl/N-ethyl adjacent to an activating group) is 2. The van der Waals surface area contributed by atoms with Crippen molar-refractivity contribution in [1.82, 2.24) is 14.7 Å². The van der Waals surface area contributed by atoms with Gasteiger partial charge in [-0.15, -0.1) is 0 Å². The van der Waals surface area contributed by atoms with Gasteiger partial charge in [0.25, 0.3) is 17.8 Å². The van der Waals surface area contributed by atoms with Crippen LogP contribution < -0.4 is 0 Å². The van der Waals surface area contributed by atoms with E-state index in [1.165, 1.54) is 24.1 Å². The molecular formula is C19H22ClFN5O3+. The summed E-state index contributed by atoms with van der Waals surface area (Å²) in [6.45, 7) is 3.24. The van der Waals surface area contributed by atoms with Gasteiger partial charge in [-0.1, -0.05) is 17.7 Å². The van der Waals surface area contributed by atoms with E-state index in [2.05, 4.69) is 9.89 Å². The fraction of sp³-hybridized carbons (Fsp3) is 0.474. The zero-order chi connectivity index (χ0) is 20.7. The SMILES string of the molecule is CN1C(=O)C2C(=NC(CN3CCOCC3)=[N+]2Cc2c(F)cccc2Cl)N(C)C1=O. The Morgan fingerprint density at radius 2 is 1.97 bits per heavy atom. The minimum Gasteiger partial charge on any atom is -0.379 e. The lowest BCUT2D eigenvalue weighted by Crippen LogP contribution is -2.61. The van der Waals surface area contributed by atoms with Gasteiger partial charge in [0.2, 0.25) is 0 Å². The molecule has 8 nitrogen and oxygen atoms in total. The van der Waals surface area contributed by atoms with Crippen molar-refractivity contribution in [3.05, 3.63) is 34.6 Å². The first-order chi connectivity index (χ1) is 13.9. The number of carbonyl (C=O) groups excluding carboxylic acids is 2. The maximum atomic E-state index is 14.5. The van der Waals surface area contributed by atoms with Crippen LogP contribution in [-0.4, -0.2) is 95.9 Å². The zero-order valence-corrected chi connectivity index (χ0v) is 17.0. The summed E-state index contributed by atoms with van der Waals surface area (Å²) in [4.78, 5) is 34.5. The molecule has 1 aromatic rings. The average molecular weight is 423 g/mol. The van der Waals surface area contributed by atoms with Crippen molar-refractivity contribution in [3.63, 3.8) is 0 Å². The molecule has 0 spiro atoms. The number of halogens is 2. The Morgan fingerprint density at radius 3 is 2.66 bits per heavy atom. The molecule has 10 heteroatoms. The van der Waals surface area contributed by atoms with Crippen LogP contribution in [-0.2, 0) is 16.1 Å². The van der Waals surface area contributed by atoms with Gasteiger partial charge in [-0.05, 0) is 17.1 Å². The third kappa shape index (κ3) is 3.54. The number of fused-ring (bicyclic) bond motifs is 1. The second-order valence-corrected chi connectivity index (χ2v) is 7.65. The molecule has 0 N–H and O–H groups in total. The van der Waals surface area contributed by atoms with Crippen molar-refractivity contribution in [3.8, 4) is 0 Å². The number of carbonyl (C=O) groups is 2. The Morgan fingerprint density at radius 1 is 1.24 bits per heavy atom. The lowest BCUT2D eigenvalue weighted by Gasteiger charge is -2.31. The molecule has 3 aliphatic rings. The van der Waals surface area contributed by atoms with E-state index in [0.29, 0.717) is 37.0 Å². The predicted octanol–water partition coefficient (Wildman–Crippen LogP) is 1.03. The van der Waals surface area contributed by atoms with E-state index in [1.54, 1.807) is 17.7 Å². The summed E-state index contributed by atoms with van der Waals surface area (Å²) >= 11 is 6.24. The fourth-order valence-electron chi connectivity index (χ4n) is 3.77. The highest BCUT2D eigenvalue weighted by Gasteiger charge is 2.53. The van der Waals surface area contributed by atoms with Crippen molar-refractivity contribution in [1.29, 1.82) is 0 Å². The summed E-state index contributed by atoms with van der Waals surface area (Å²) in [6, 6.07) is 3.25. The molecule has 0 aliphatic carbocycles. The number of aliphatic imine (C=N–C) groups is 1. The standard InChI is InChI=1S/C19H22ClFN5O3/c1-23-17-16(18(27)24(2)19(23)28)26(10-12-13(20)4-3-5-14(12)21)15(22-17)11-25-6-8-29-9-7-25/h3-5,16H,6-11H2,1-2H3/q+1. The van der Waals surface area contributed by atoms with Crippen molar-refractivity contribution < 1.29 is 23.3 Å². The minimum atomic E-state index is -0.797. The van der Waals surface area contributed by atoms with Crippen molar-refractivity contribution in [2.24, 2.45) is 4.99 Å². The van der Waals surface area contributed by atoms with Crippen LogP contribution in [0.1, 0.15) is 5.56 Å². The summed E-state index contributed by atoms with van der Waals surface area (Å²) in [6.07, 6.45) is 0. The Labute approximate surface area is 172 Å². The highest BCUT2D eigenvalue weighted by molar-refractivity contribution is 6.31. The number of amides is 3. The van der Waals surface area contributed by atoms with Crippen molar-refractivity contribution in [2.45, 2.75) is 12.6 Å². The number of hydrogen-bond acceptors (Lipinski definition) is 5. The van der Waals surface area contributed by atoms with Gasteiger partial charge in [0.1, 0.15) is 18.9 Å². The smallest absolute Gasteiger partial charge is 0.333 e. The average Bonchev–Trinajstić information content (AvgIpc) is 3.06. The molecule has 4 rings (SSSR count). The second kappa shape index (κ2) is 7.81. The highest BCUT2D eigenvalue weighted by Crippen LogP contribution is 2.25. The van der Waals surface area contributed by atoms with Gasteiger partial charge in [0.05, 0.1) is 18.2 Å². The number of rotatable bonds is 4. The highest BCUT2D eigenvalue weighted by atomic mass is 35.5. The van der Waals surface area contributed by atoms with Gasteiger partial charge >= 0.3 is 11.9 Å². The molecule has 1 aromatic carbocycles. The number of hydrogen-bond donors (Lipinski definition) is 0. The maximum absolute atomic E-state index is 14.5. The van der Waals surface area contributed by atoms with Gasteiger partial charge in [-0.25, -0.2) is 13.8 Å². The quantitative estimate of drug-likeness (QED) is 0.680. The van der Waals surface area contributed by atoms with Crippen LogP contribution in [0.3, 0.4) is 0 Å². The van der Waals surface area contributed by atoms with E-state index in [9.17, 15) is 14.0 Å². The number of amidine groups is 2. The van der Waals surface area contributed by atoms with Crippen LogP contribution in [0.2, 0.25) is 5.02 Å². The molecule has 3 heterocycles. The fourth-order valence-corrected chi connectivity index (χ4v) is 3.99. The Balaban J connectivity index is 1.74. The Kier molecular flexibility index (Phi) is 5.37. The van der Waals surface area contributed by atoms with Crippen molar-refractivity contribution in [2.75, 3.05) is 46.9 Å². The van der Waals surface area contributed by atoms with Crippen LogP contribution in [0.4, 0.5) is 9.18 Å². The summed E-state index contributed by atoms with van der Waals surface area (Å²) in [7, 11) is 3.02. The number of imide groups is 1. The van der Waals surface area contributed by atoms with Crippen LogP contribution in [0.5, 0.6) is 0 Å². The van der Waals surface area contributed by atoms with E-state index in [0.717, 1.165) is 18.0 Å². The molecule has 0 saturated carbocycles. The Bertz CT molecular complexity index is 908. The van der Waals surface area contributed by atoms with E-state index in [4.69, 9.17) is 16.3 Å². The van der Waals surface area contributed by atoms with Gasteiger partial charge < -0.3 is 4.74 Å². The third-order valence-electron chi connectivity index (χ3n) is 5.47. The topological polar surface area (TPSA) is 68.5 Å². The first-order valence-corrected chi connectivity index (χ1v) is 9.75. The molecule has 2 saturated heterocycles. The predicted molar refractivity (Wildman–Crippen MR) is 105 cm³/mol. The third-order valence-corrected chi connectivity index (χ3v) is 5.83. The molecule has 3 aliphatic heterocycles. The number of urea groups is 1. The van der Waals surface area contributed by atoms with Gasteiger partial charge in [-0.3, -0.25) is 19.5 Å². The number of nitrogens with zero attached hydrogens (tertiary/aromatic N) is 5. The van der Waals surface area contributed by atoms with E-state index < -0.39 is 23.8 Å². The zero-order valence-electron chi connectivity index (χ0n) is 16.3. The molecule has 154 valence electrons. The normalized spacial score (nSPS) is 23.0. The molecule has 29 heavy (non-hydrogen) atoms. The first kappa shape index (κ1) is 19.9. The van der Waals surface area contributed by atoms with Gasteiger partial charge in [0.15, 0.2) is 0 Å². The summed E-state index contributed by atoms with van der Waals surface area (Å²) in [5.74, 6) is 0.123.